The normalized spacial score (nSPS) is 11.7. The van der Waals surface area contributed by atoms with Crippen LogP contribution < -0.4 is 9.47 Å². The van der Waals surface area contributed by atoms with E-state index in [1.54, 1.807) is 24.3 Å². The Morgan fingerprint density at radius 2 is 1.88 bits per heavy atom. The van der Waals surface area contributed by atoms with Gasteiger partial charge in [0.15, 0.2) is 11.5 Å². The molecule has 0 saturated heterocycles. The van der Waals surface area contributed by atoms with Crippen molar-refractivity contribution in [1.82, 2.24) is 0 Å². The summed E-state index contributed by atoms with van der Waals surface area (Å²) in [6.45, 7) is 2.53. The second kappa shape index (κ2) is 8.75. The van der Waals surface area contributed by atoms with Gasteiger partial charge in [0.1, 0.15) is 11.0 Å². The van der Waals surface area contributed by atoms with Crippen LogP contribution >= 0.6 is 11.6 Å². The summed E-state index contributed by atoms with van der Waals surface area (Å²) >= 11 is 5.79. The molecule has 0 atom stereocenters. The average molecular weight is 392 g/mol. The summed E-state index contributed by atoms with van der Waals surface area (Å²) in [6, 6.07) is 12.4. The number of sulfone groups is 1. The van der Waals surface area contributed by atoms with Crippen LogP contribution in [-0.4, -0.2) is 22.1 Å². The minimum Gasteiger partial charge on any atom is -0.493 e. The van der Waals surface area contributed by atoms with E-state index in [0.717, 1.165) is 6.42 Å². The lowest BCUT2D eigenvalue weighted by atomic mass is 10.2. The van der Waals surface area contributed by atoms with E-state index < -0.39 is 9.84 Å². The summed E-state index contributed by atoms with van der Waals surface area (Å²) in [5, 5.41) is 9.77. The van der Waals surface area contributed by atoms with Crippen LogP contribution in [0.1, 0.15) is 18.9 Å². The van der Waals surface area contributed by atoms with Gasteiger partial charge < -0.3 is 9.47 Å². The first kappa shape index (κ1) is 19.8. The van der Waals surface area contributed by atoms with Gasteiger partial charge in [-0.15, -0.1) is 0 Å². The monoisotopic (exact) mass is 391 g/mol. The van der Waals surface area contributed by atoms with Crippen molar-refractivity contribution in [2.24, 2.45) is 0 Å². The summed E-state index contributed by atoms with van der Waals surface area (Å²) in [7, 11) is -2.44. The van der Waals surface area contributed by atoms with E-state index in [0.29, 0.717) is 28.7 Å². The highest BCUT2D eigenvalue weighted by atomic mass is 35.5. The molecule has 0 unspecified atom stereocenters. The van der Waals surface area contributed by atoms with E-state index in [-0.39, 0.29) is 9.80 Å². The molecule has 2 aromatic carbocycles. The van der Waals surface area contributed by atoms with Gasteiger partial charge in [-0.25, -0.2) is 8.42 Å². The number of hydrogen-bond acceptors (Lipinski definition) is 5. The predicted molar refractivity (Wildman–Crippen MR) is 101 cm³/mol. The van der Waals surface area contributed by atoms with Crippen LogP contribution in [0.5, 0.6) is 11.5 Å². The molecule has 5 nitrogen and oxygen atoms in total. The van der Waals surface area contributed by atoms with Crippen molar-refractivity contribution >= 4 is 27.5 Å². The number of benzene rings is 2. The highest BCUT2D eigenvalue weighted by Gasteiger charge is 2.21. The number of methoxy groups -OCH3 is 1. The van der Waals surface area contributed by atoms with E-state index in [2.05, 4.69) is 0 Å². The Hall–Kier alpha value is -2.49. The maximum atomic E-state index is 12.7. The van der Waals surface area contributed by atoms with Crippen molar-refractivity contribution in [2.45, 2.75) is 18.2 Å². The Balaban J connectivity index is 2.42. The minimum atomic E-state index is -3.94. The lowest BCUT2D eigenvalue weighted by molar-refractivity contribution is 0.294. The molecule has 0 heterocycles. The van der Waals surface area contributed by atoms with Crippen LogP contribution in [0.3, 0.4) is 0 Å². The van der Waals surface area contributed by atoms with Crippen molar-refractivity contribution in [3.05, 3.63) is 58.0 Å². The molecule has 0 aliphatic carbocycles. The van der Waals surface area contributed by atoms with Gasteiger partial charge in [0.25, 0.3) is 0 Å². The van der Waals surface area contributed by atoms with E-state index >= 15 is 0 Å². The number of rotatable bonds is 7. The first-order chi connectivity index (χ1) is 12.4. The van der Waals surface area contributed by atoms with Gasteiger partial charge in [0.05, 0.1) is 18.6 Å². The highest BCUT2D eigenvalue weighted by Crippen LogP contribution is 2.30. The fraction of sp³-hybridized carbons (Fsp3) is 0.211. The van der Waals surface area contributed by atoms with E-state index in [9.17, 15) is 13.7 Å². The van der Waals surface area contributed by atoms with Gasteiger partial charge in [-0.2, -0.15) is 5.26 Å². The highest BCUT2D eigenvalue weighted by molar-refractivity contribution is 7.95. The third-order valence-corrected chi connectivity index (χ3v) is 5.40. The Bertz CT molecular complexity index is 944. The van der Waals surface area contributed by atoms with Crippen LogP contribution in [0.2, 0.25) is 5.02 Å². The lowest BCUT2D eigenvalue weighted by Gasteiger charge is -2.10. The van der Waals surface area contributed by atoms with E-state index in [4.69, 9.17) is 21.1 Å². The summed E-state index contributed by atoms with van der Waals surface area (Å²) in [5.74, 6) is 1.03. The molecular formula is C19H18ClNO4S. The van der Waals surface area contributed by atoms with Gasteiger partial charge >= 0.3 is 0 Å². The Labute approximate surface area is 158 Å². The number of nitriles is 1. The maximum Gasteiger partial charge on any atom is 0.216 e. The number of halogens is 1. The first-order valence-electron chi connectivity index (χ1n) is 7.85. The van der Waals surface area contributed by atoms with E-state index in [1.165, 1.54) is 37.5 Å². The predicted octanol–water partition coefficient (Wildman–Crippen LogP) is 4.48. The average Bonchev–Trinajstić information content (AvgIpc) is 2.64. The zero-order valence-electron chi connectivity index (χ0n) is 14.4. The molecule has 0 spiro atoms. The lowest BCUT2D eigenvalue weighted by Crippen LogP contribution is -2.03. The molecule has 0 radical (unpaired) electrons. The van der Waals surface area contributed by atoms with Gasteiger partial charge in [0, 0.05) is 5.02 Å². The standard InChI is InChI=1S/C19H18ClNO4S/c1-3-10-25-18-9-4-14(12-19(18)24-2)11-17(13-21)26(22,23)16-7-5-15(20)6-8-16/h4-9,11-12H,3,10H2,1-2H3/b17-11+. The van der Waals surface area contributed by atoms with Crippen LogP contribution in [0.4, 0.5) is 0 Å². The Morgan fingerprint density at radius 1 is 1.19 bits per heavy atom. The van der Waals surface area contributed by atoms with Crippen LogP contribution in [-0.2, 0) is 9.84 Å². The zero-order valence-corrected chi connectivity index (χ0v) is 16.0. The summed E-state index contributed by atoms with van der Waals surface area (Å²) in [5.41, 5.74) is 0.514. The Kier molecular flexibility index (Phi) is 6.67. The second-order valence-corrected chi connectivity index (χ2v) is 7.69. The van der Waals surface area contributed by atoms with Gasteiger partial charge in [-0.3, -0.25) is 0 Å². The number of allylic oxidation sites excluding steroid dienone is 1. The van der Waals surface area contributed by atoms with Crippen molar-refractivity contribution < 1.29 is 17.9 Å². The number of nitrogens with zero attached hydrogens (tertiary/aromatic N) is 1. The second-order valence-electron chi connectivity index (χ2n) is 5.34. The van der Waals surface area contributed by atoms with Crippen molar-refractivity contribution in [1.29, 1.82) is 5.26 Å². The van der Waals surface area contributed by atoms with Crippen LogP contribution in [0, 0.1) is 11.3 Å². The quantitative estimate of drug-likeness (QED) is 0.650. The first-order valence-corrected chi connectivity index (χ1v) is 9.71. The molecule has 0 aliphatic rings. The summed E-state index contributed by atoms with van der Waals surface area (Å²) in [6.07, 6.45) is 2.15. The minimum absolute atomic E-state index is 0.00423. The number of ether oxygens (including phenoxy) is 2. The molecule has 0 saturated carbocycles. The molecule has 2 aromatic rings. The molecule has 2 rings (SSSR count). The van der Waals surface area contributed by atoms with Crippen molar-refractivity contribution in [3.63, 3.8) is 0 Å². The van der Waals surface area contributed by atoms with Gasteiger partial charge in [-0.1, -0.05) is 24.6 Å². The molecule has 0 aromatic heterocycles. The molecule has 0 aliphatic heterocycles. The fourth-order valence-electron chi connectivity index (χ4n) is 2.17. The Morgan fingerprint density at radius 3 is 2.46 bits per heavy atom. The third-order valence-electron chi connectivity index (χ3n) is 3.47. The number of hydrogen-bond donors (Lipinski definition) is 0. The molecule has 0 fully saturated rings. The molecule has 0 N–H and O–H groups in total. The topological polar surface area (TPSA) is 76.4 Å². The van der Waals surface area contributed by atoms with Crippen molar-refractivity contribution in [3.8, 4) is 17.6 Å². The molecular weight excluding hydrogens is 374 g/mol. The zero-order chi connectivity index (χ0) is 19.2. The summed E-state index contributed by atoms with van der Waals surface area (Å²) in [4.78, 5) is -0.367. The van der Waals surface area contributed by atoms with Crippen LogP contribution in [0.15, 0.2) is 52.3 Å². The van der Waals surface area contributed by atoms with Gasteiger partial charge in [0.2, 0.25) is 9.84 Å². The smallest absolute Gasteiger partial charge is 0.216 e. The molecule has 0 bridgehead atoms. The van der Waals surface area contributed by atoms with Crippen molar-refractivity contribution in [2.75, 3.05) is 13.7 Å². The van der Waals surface area contributed by atoms with Gasteiger partial charge in [-0.05, 0) is 54.5 Å². The molecule has 0 amide bonds. The molecule has 26 heavy (non-hydrogen) atoms. The third kappa shape index (κ3) is 4.57. The SMILES string of the molecule is CCCOc1ccc(/C=C(\C#N)S(=O)(=O)c2ccc(Cl)cc2)cc1OC. The van der Waals surface area contributed by atoms with Crippen LogP contribution in [0.25, 0.3) is 6.08 Å². The maximum absolute atomic E-state index is 12.7. The summed E-state index contributed by atoms with van der Waals surface area (Å²) < 4.78 is 36.2. The largest absolute Gasteiger partial charge is 0.493 e. The fourth-order valence-corrected chi connectivity index (χ4v) is 3.45. The molecule has 136 valence electrons. The molecule has 7 heteroatoms. The van der Waals surface area contributed by atoms with E-state index in [1.807, 2.05) is 6.92 Å².